The van der Waals surface area contributed by atoms with Crippen LogP contribution in [0.15, 0.2) is 0 Å². The zero-order valence-corrected chi connectivity index (χ0v) is 10.9. The summed E-state index contributed by atoms with van der Waals surface area (Å²) >= 11 is 0. The molecule has 0 aliphatic rings. The van der Waals surface area contributed by atoms with E-state index in [-0.39, 0.29) is 150 Å². The van der Waals surface area contributed by atoms with Crippen LogP contribution < -0.4 is 18.9 Å². The van der Waals surface area contributed by atoms with Gasteiger partial charge < -0.3 is 4.28 Å². The topological polar surface area (TPSA) is 0 Å². The van der Waals surface area contributed by atoms with Gasteiger partial charge in [-0.25, -0.2) is 0 Å². The summed E-state index contributed by atoms with van der Waals surface area (Å²) < 4.78 is 0. The van der Waals surface area contributed by atoms with Gasteiger partial charge in [0.25, 0.3) is 0 Å². The molecule has 0 amide bonds. The van der Waals surface area contributed by atoms with E-state index in [4.69, 9.17) is 0 Å². The van der Waals surface area contributed by atoms with Crippen LogP contribution in [0.2, 0.25) is 0 Å². The first kappa shape index (κ1) is 33.1. The first-order valence-electron chi connectivity index (χ1n) is 0. The molecule has 0 rings (SSSR count). The van der Waals surface area contributed by atoms with Crippen molar-refractivity contribution in [3.63, 3.8) is 0 Å². The third-order valence-corrected chi connectivity index (χ3v) is 0. The second-order valence-corrected chi connectivity index (χ2v) is 0. The van der Waals surface area contributed by atoms with Gasteiger partial charge in [-0.2, -0.15) is 0 Å². The summed E-state index contributed by atoms with van der Waals surface area (Å²) in [4.78, 5) is 0. The largest absolute Gasteiger partial charge is 2.00 e. The second kappa shape index (κ2) is 23.3. The Hall–Kier alpha value is 4.75. The molecule has 0 spiro atoms. The van der Waals surface area contributed by atoms with E-state index in [1.54, 1.807) is 0 Å². The van der Waals surface area contributed by atoms with E-state index in [9.17, 15) is 0 Å². The Bertz CT molecular complexity index is 19.2. The van der Waals surface area contributed by atoms with Gasteiger partial charge in [0.1, 0.15) is 0 Å². The average Bonchev–Trinajstić information content (AvgIpc) is 0. The van der Waals surface area contributed by atoms with Gasteiger partial charge in [-0.05, 0) is 0 Å². The van der Waals surface area contributed by atoms with Crippen molar-refractivity contribution in [2.75, 3.05) is 0 Å². The molecule has 0 aliphatic heterocycles. The fourth-order valence-corrected chi connectivity index (χ4v) is 0. The minimum atomic E-state index is 0. The summed E-state index contributed by atoms with van der Waals surface area (Å²) in [7, 11) is 0. The maximum Gasteiger partial charge on any atom is 2.00 e. The van der Waals surface area contributed by atoms with E-state index in [2.05, 4.69) is 0 Å². The quantitative estimate of drug-likeness (QED) is 0.352. The molecule has 0 bridgehead atoms. The molecule has 0 unspecified atom stereocenters. The SMILES string of the molecule is [Er].[H-].[H-].[H-].[Li+].[Mg+2].[Yb].[Zn]. The van der Waals surface area contributed by atoms with Crippen LogP contribution in [-0.4, -0.2) is 23.1 Å². The first-order valence-corrected chi connectivity index (χ1v) is 0. The van der Waals surface area contributed by atoms with Gasteiger partial charge in [0.05, 0.1) is 0 Å². The average molecular weight is 440 g/mol. The monoisotopic (exact) mass is 438 g/mol. The van der Waals surface area contributed by atoms with Crippen LogP contribution in [0, 0.1) is 84.2 Å². The molecule has 34 valence electrons. The van der Waals surface area contributed by atoms with Gasteiger partial charge in [-0.1, -0.05) is 0 Å². The van der Waals surface area contributed by atoms with E-state index in [0.29, 0.717) is 0 Å². The van der Waals surface area contributed by atoms with E-state index < -0.39 is 0 Å². The molecule has 0 saturated heterocycles. The third-order valence-electron chi connectivity index (χ3n) is 0. The Morgan fingerprint density at radius 2 is 1.20 bits per heavy atom. The predicted octanol–water partition coefficient (Wildman–Crippen LogP) is -3.04. The Morgan fingerprint density at radius 3 is 1.20 bits per heavy atom. The van der Waals surface area contributed by atoms with E-state index in [0.717, 1.165) is 0 Å². The Balaban J connectivity index is 0. The van der Waals surface area contributed by atoms with Gasteiger partial charge in [0.15, 0.2) is 0 Å². The van der Waals surface area contributed by atoms with Crippen molar-refractivity contribution in [3.05, 3.63) is 0 Å². The van der Waals surface area contributed by atoms with Crippen molar-refractivity contribution >= 4 is 23.1 Å². The predicted molar refractivity (Wildman–Crippen MR) is 9.09 cm³/mol. The zero-order valence-electron chi connectivity index (χ0n) is 5.97. The first-order chi connectivity index (χ1) is 0. The smallest absolute Gasteiger partial charge is 1.00 e. The van der Waals surface area contributed by atoms with Gasteiger partial charge >= 0.3 is 41.9 Å². The summed E-state index contributed by atoms with van der Waals surface area (Å²) in [5.41, 5.74) is 0. The molecule has 0 heterocycles. The van der Waals surface area contributed by atoms with Crippen molar-refractivity contribution in [1.29, 1.82) is 0 Å². The molecule has 0 fully saturated rings. The van der Waals surface area contributed by atoms with Gasteiger partial charge in [-0.3, -0.25) is 0 Å². The molecule has 5 heavy (non-hydrogen) atoms. The molecule has 0 atom stereocenters. The van der Waals surface area contributed by atoms with E-state index in [1.807, 2.05) is 0 Å². The van der Waals surface area contributed by atoms with Crippen molar-refractivity contribution in [2.45, 2.75) is 0 Å². The molecule has 0 aromatic rings. The van der Waals surface area contributed by atoms with Crippen molar-refractivity contribution in [2.24, 2.45) is 0 Å². The van der Waals surface area contributed by atoms with Crippen molar-refractivity contribution in [3.8, 4) is 0 Å². The third kappa shape index (κ3) is 17.7. The van der Waals surface area contributed by atoms with E-state index in [1.165, 1.54) is 0 Å². The number of hydrogen-bond donors (Lipinski definition) is 0. The molecular formula is H3ErLiMgYbZn. The molecule has 0 N–H and O–H groups in total. The van der Waals surface area contributed by atoms with E-state index >= 15 is 0 Å². The summed E-state index contributed by atoms with van der Waals surface area (Å²) in [6.45, 7) is 0. The maximum absolute atomic E-state index is 0. The van der Waals surface area contributed by atoms with Gasteiger partial charge in [0.2, 0.25) is 0 Å². The maximum atomic E-state index is 0. The molecule has 0 saturated carbocycles. The molecule has 5 heteroatoms. The van der Waals surface area contributed by atoms with Crippen LogP contribution in [0.25, 0.3) is 0 Å². The summed E-state index contributed by atoms with van der Waals surface area (Å²) in [6, 6.07) is 0. The van der Waals surface area contributed by atoms with Crippen molar-refractivity contribution in [1.82, 2.24) is 0 Å². The Kier molecular flexibility index (Phi) is 154. The van der Waals surface area contributed by atoms with Crippen LogP contribution in [0.4, 0.5) is 0 Å². The summed E-state index contributed by atoms with van der Waals surface area (Å²) in [5.74, 6) is 0. The van der Waals surface area contributed by atoms with Crippen molar-refractivity contribution < 1.29 is 127 Å². The standard InChI is InChI=1S/Er.Li.Mg.Yb.Zn.3H/q;+1;+2;;;3*-1. The van der Waals surface area contributed by atoms with Crippen LogP contribution in [0.1, 0.15) is 4.28 Å². The number of hydrogen-bond acceptors (Lipinski definition) is 0. The minimum absolute atomic E-state index is 0. The minimum Gasteiger partial charge on any atom is -1.00 e. The fourth-order valence-electron chi connectivity index (χ4n) is 0. The van der Waals surface area contributed by atoms with Crippen LogP contribution >= 0.6 is 0 Å². The number of rotatable bonds is 0. The zero-order chi connectivity index (χ0) is 0. The molecule has 0 aromatic carbocycles. The molecule has 0 aliphatic carbocycles. The van der Waals surface area contributed by atoms with Crippen LogP contribution in [0.5, 0.6) is 0 Å². The Labute approximate surface area is 146 Å². The van der Waals surface area contributed by atoms with Crippen LogP contribution in [0.3, 0.4) is 0 Å². The molecule has 0 radical (unpaired) electrons. The van der Waals surface area contributed by atoms with Gasteiger partial charge in [0, 0.05) is 104 Å². The molecule has 0 nitrogen and oxygen atoms in total. The second-order valence-electron chi connectivity index (χ2n) is 0. The molecular weight excluding hydrogens is 437 g/mol. The summed E-state index contributed by atoms with van der Waals surface area (Å²) in [5, 5.41) is 0. The van der Waals surface area contributed by atoms with Crippen LogP contribution in [-0.2, 0) is 19.5 Å². The molecule has 0 aromatic heterocycles. The van der Waals surface area contributed by atoms with Gasteiger partial charge in [-0.15, -0.1) is 0 Å². The fraction of sp³-hybridized carbons (Fsp3) is 0. The normalized spacial score (nSPS) is 0. The Morgan fingerprint density at radius 1 is 1.20 bits per heavy atom. The summed E-state index contributed by atoms with van der Waals surface area (Å²) in [6.07, 6.45) is 0.